The fourth-order valence-electron chi connectivity index (χ4n) is 3.36. The van der Waals surface area contributed by atoms with Gasteiger partial charge < -0.3 is 14.9 Å². The Morgan fingerprint density at radius 2 is 1.29 bits per heavy atom. The van der Waals surface area contributed by atoms with Crippen LogP contribution in [0.1, 0.15) is 22.8 Å². The molecule has 0 aliphatic rings. The van der Waals surface area contributed by atoms with Crippen LogP contribution < -0.4 is 4.74 Å². The lowest BCUT2D eigenvalue weighted by Gasteiger charge is -2.34. The van der Waals surface area contributed by atoms with Crippen molar-refractivity contribution in [3.8, 4) is 5.75 Å². The summed E-state index contributed by atoms with van der Waals surface area (Å²) in [5.41, 5.74) is 3.03. The number of rotatable bonds is 9. The number of ether oxygens (including phenoxy) is 1. The molecule has 4 heteroatoms. The van der Waals surface area contributed by atoms with E-state index in [9.17, 15) is 10.2 Å². The summed E-state index contributed by atoms with van der Waals surface area (Å²) in [5, 5.41) is 21.2. The van der Waals surface area contributed by atoms with Gasteiger partial charge >= 0.3 is 0 Å². The zero-order valence-corrected chi connectivity index (χ0v) is 16.1. The summed E-state index contributed by atoms with van der Waals surface area (Å²) in [6.45, 7) is 1.12. The predicted molar refractivity (Wildman–Crippen MR) is 111 cm³/mol. The molecule has 4 nitrogen and oxygen atoms in total. The number of benzene rings is 3. The van der Waals surface area contributed by atoms with Gasteiger partial charge in [0.25, 0.3) is 0 Å². The lowest BCUT2D eigenvalue weighted by Crippen LogP contribution is -2.41. The van der Waals surface area contributed by atoms with E-state index in [1.807, 2.05) is 60.7 Å². The van der Waals surface area contributed by atoms with Crippen molar-refractivity contribution in [2.45, 2.75) is 25.2 Å². The van der Waals surface area contributed by atoms with Crippen molar-refractivity contribution in [2.75, 3.05) is 13.7 Å². The molecule has 28 heavy (non-hydrogen) atoms. The lowest BCUT2D eigenvalue weighted by molar-refractivity contribution is 0.00592. The number of hydrogen-bond donors (Lipinski definition) is 2. The van der Waals surface area contributed by atoms with E-state index in [-0.39, 0.29) is 6.61 Å². The molecule has 0 aliphatic carbocycles. The minimum Gasteiger partial charge on any atom is -0.497 e. The van der Waals surface area contributed by atoms with Gasteiger partial charge in [-0.15, -0.1) is 0 Å². The van der Waals surface area contributed by atoms with Crippen LogP contribution in [0.5, 0.6) is 5.75 Å². The third kappa shape index (κ3) is 5.20. The Morgan fingerprint density at radius 3 is 1.71 bits per heavy atom. The van der Waals surface area contributed by atoms with E-state index in [4.69, 9.17) is 4.74 Å². The molecule has 0 spiro atoms. The molecule has 0 aliphatic heterocycles. The van der Waals surface area contributed by atoms with E-state index >= 15 is 0 Å². The van der Waals surface area contributed by atoms with Gasteiger partial charge in [-0.05, 0) is 28.8 Å². The average molecular weight is 377 g/mol. The maximum atomic E-state index is 11.0. The Labute approximate surface area is 166 Å². The molecule has 0 bridgehead atoms. The molecule has 3 rings (SSSR count). The third-order valence-electron chi connectivity index (χ3n) is 4.93. The summed E-state index contributed by atoms with van der Waals surface area (Å²) in [4.78, 5) is 2.12. The normalized spacial score (nSPS) is 13.3. The summed E-state index contributed by atoms with van der Waals surface area (Å²) in [6.07, 6.45) is -0.816. The molecule has 0 radical (unpaired) electrons. The number of nitrogens with zero attached hydrogens (tertiary/aromatic N) is 1. The molecule has 0 amide bonds. The summed E-state index contributed by atoms with van der Waals surface area (Å²) in [5.74, 6) is 0.738. The number of aliphatic hydroxyl groups excluding tert-OH is 2. The van der Waals surface area contributed by atoms with Crippen LogP contribution in [0.15, 0.2) is 84.9 Å². The van der Waals surface area contributed by atoms with E-state index in [0.29, 0.717) is 13.1 Å². The maximum absolute atomic E-state index is 11.0. The first-order valence-electron chi connectivity index (χ1n) is 9.46. The number of aliphatic hydroxyl groups is 2. The Balaban J connectivity index is 1.86. The maximum Gasteiger partial charge on any atom is 0.118 e. The topological polar surface area (TPSA) is 52.9 Å². The minimum atomic E-state index is -0.816. The molecular formula is C24H27NO3. The van der Waals surface area contributed by atoms with E-state index in [1.165, 1.54) is 0 Å². The van der Waals surface area contributed by atoms with Crippen molar-refractivity contribution >= 4 is 0 Å². The highest BCUT2D eigenvalue weighted by molar-refractivity contribution is 5.29. The van der Waals surface area contributed by atoms with Gasteiger partial charge in [-0.2, -0.15) is 0 Å². The van der Waals surface area contributed by atoms with Crippen molar-refractivity contribution < 1.29 is 14.9 Å². The molecule has 2 atom stereocenters. The molecule has 146 valence electrons. The summed E-state index contributed by atoms with van der Waals surface area (Å²) >= 11 is 0. The zero-order valence-electron chi connectivity index (χ0n) is 16.1. The molecule has 0 aromatic heterocycles. The predicted octanol–water partition coefficient (Wildman–Crippen LogP) is 3.79. The first-order valence-corrected chi connectivity index (χ1v) is 9.46. The fourth-order valence-corrected chi connectivity index (χ4v) is 3.36. The van der Waals surface area contributed by atoms with Gasteiger partial charge in [0, 0.05) is 13.1 Å². The highest BCUT2D eigenvalue weighted by atomic mass is 16.5. The Hall–Kier alpha value is -2.66. The van der Waals surface area contributed by atoms with Crippen LogP contribution in [0, 0.1) is 0 Å². The smallest absolute Gasteiger partial charge is 0.118 e. The highest BCUT2D eigenvalue weighted by Crippen LogP contribution is 2.26. The summed E-state index contributed by atoms with van der Waals surface area (Å²) < 4.78 is 5.20. The molecule has 3 aromatic rings. The van der Waals surface area contributed by atoms with Gasteiger partial charge in [0.05, 0.1) is 25.9 Å². The first-order chi connectivity index (χ1) is 13.7. The monoisotopic (exact) mass is 377 g/mol. The second-order valence-electron chi connectivity index (χ2n) is 6.84. The van der Waals surface area contributed by atoms with Crippen molar-refractivity contribution in [2.24, 2.45) is 0 Å². The van der Waals surface area contributed by atoms with Crippen LogP contribution in [0.3, 0.4) is 0 Å². The first kappa shape index (κ1) is 20.1. The van der Waals surface area contributed by atoms with Gasteiger partial charge in [0.15, 0.2) is 0 Å². The fraction of sp³-hybridized carbons (Fsp3) is 0.250. The Kier molecular flexibility index (Phi) is 7.20. The Morgan fingerprint density at radius 1 is 0.786 bits per heavy atom. The van der Waals surface area contributed by atoms with Crippen LogP contribution in [-0.2, 0) is 13.1 Å². The molecular weight excluding hydrogens is 350 g/mol. The minimum absolute atomic E-state index is 0.146. The quantitative estimate of drug-likeness (QED) is 0.596. The van der Waals surface area contributed by atoms with Crippen molar-refractivity contribution in [3.63, 3.8) is 0 Å². The van der Waals surface area contributed by atoms with E-state index in [0.717, 1.165) is 22.4 Å². The Bertz CT molecular complexity index is 780. The van der Waals surface area contributed by atoms with Crippen LogP contribution >= 0.6 is 0 Å². The third-order valence-corrected chi connectivity index (χ3v) is 4.93. The zero-order chi connectivity index (χ0) is 19.8. The molecule has 0 heterocycles. The molecule has 3 aromatic carbocycles. The van der Waals surface area contributed by atoms with Crippen molar-refractivity contribution in [3.05, 3.63) is 102 Å². The average Bonchev–Trinajstić information content (AvgIpc) is 2.75. The van der Waals surface area contributed by atoms with Crippen LogP contribution in [0.2, 0.25) is 0 Å². The molecule has 0 saturated heterocycles. The lowest BCUT2D eigenvalue weighted by atomic mass is 9.99. The van der Waals surface area contributed by atoms with Gasteiger partial charge in [-0.1, -0.05) is 72.8 Å². The largest absolute Gasteiger partial charge is 0.497 e. The molecule has 0 fully saturated rings. The van der Waals surface area contributed by atoms with Gasteiger partial charge in [0.1, 0.15) is 5.75 Å². The van der Waals surface area contributed by atoms with Crippen LogP contribution in [-0.4, -0.2) is 34.9 Å². The van der Waals surface area contributed by atoms with Crippen LogP contribution in [0.4, 0.5) is 0 Å². The second-order valence-corrected chi connectivity index (χ2v) is 6.84. The standard InChI is InChI=1S/C24H27NO3/c1-28-22-14-12-21(13-15-22)24(27)23(18-26)25(16-19-8-4-2-5-9-19)17-20-10-6-3-7-11-20/h2-15,23-24,26-27H,16-18H2,1H3/t23-,24-/m0/s1. The van der Waals surface area contributed by atoms with Crippen molar-refractivity contribution in [1.29, 1.82) is 0 Å². The van der Waals surface area contributed by atoms with Gasteiger partial charge in [0.2, 0.25) is 0 Å². The molecule has 2 N–H and O–H groups in total. The number of methoxy groups -OCH3 is 1. The highest BCUT2D eigenvalue weighted by Gasteiger charge is 2.27. The van der Waals surface area contributed by atoms with Crippen LogP contribution in [0.25, 0.3) is 0 Å². The SMILES string of the molecule is COc1ccc([C@H](O)[C@H](CO)N(Cc2ccccc2)Cc2ccccc2)cc1. The van der Waals surface area contributed by atoms with E-state index in [2.05, 4.69) is 29.2 Å². The van der Waals surface area contributed by atoms with Crippen molar-refractivity contribution in [1.82, 2.24) is 4.90 Å². The van der Waals surface area contributed by atoms with E-state index < -0.39 is 12.1 Å². The summed E-state index contributed by atoms with van der Waals surface area (Å²) in [7, 11) is 1.61. The number of hydrogen-bond acceptors (Lipinski definition) is 4. The van der Waals surface area contributed by atoms with Gasteiger partial charge in [-0.25, -0.2) is 0 Å². The second kappa shape index (κ2) is 10.0. The molecule has 0 unspecified atom stereocenters. The molecule has 0 saturated carbocycles. The summed E-state index contributed by atoms with van der Waals surface area (Å²) in [6, 6.07) is 27.1. The van der Waals surface area contributed by atoms with E-state index in [1.54, 1.807) is 7.11 Å². The van der Waals surface area contributed by atoms with Gasteiger partial charge in [-0.3, -0.25) is 4.90 Å².